The molecular formula is C12H8F2N2O4. The van der Waals surface area contributed by atoms with E-state index in [4.69, 9.17) is 5.11 Å². The summed E-state index contributed by atoms with van der Waals surface area (Å²) in [5, 5.41) is 12.5. The Hall–Kier alpha value is -2.77. The van der Waals surface area contributed by atoms with Crippen LogP contribution in [0.5, 0.6) is 5.75 Å². The zero-order valence-electron chi connectivity index (χ0n) is 9.86. The van der Waals surface area contributed by atoms with E-state index in [1.165, 1.54) is 24.3 Å². The highest BCUT2D eigenvalue weighted by Gasteiger charge is 2.16. The van der Waals surface area contributed by atoms with Gasteiger partial charge in [-0.05, 0) is 18.2 Å². The molecule has 2 aromatic rings. The molecule has 0 aliphatic carbocycles. The summed E-state index contributed by atoms with van der Waals surface area (Å²) in [6.07, 6.45) is 1.09. The summed E-state index contributed by atoms with van der Waals surface area (Å²) in [6.45, 7) is -3.07. The van der Waals surface area contributed by atoms with Crippen molar-refractivity contribution in [2.45, 2.75) is 6.61 Å². The van der Waals surface area contributed by atoms with Crippen molar-refractivity contribution in [3.8, 4) is 11.4 Å². The van der Waals surface area contributed by atoms with Crippen LogP contribution in [0, 0.1) is 0 Å². The second-order valence-electron chi connectivity index (χ2n) is 3.61. The number of aromatic carboxylic acids is 1. The standard InChI is InChI=1S/C12H8F2N2O4/c13-12(14)20-9-4-2-1-3-8(9)16-10(17)7(11(18)19)5-6-15-16/h1-6,12H,(H,18,19). The number of carbonyl (C=O) groups is 1. The first kappa shape index (κ1) is 13.7. The molecule has 1 N–H and O–H groups in total. The number of para-hydroxylation sites is 2. The lowest BCUT2D eigenvalue weighted by atomic mass is 10.2. The molecule has 0 aliphatic heterocycles. The van der Waals surface area contributed by atoms with Crippen molar-refractivity contribution in [3.05, 3.63) is 52.4 Å². The predicted molar refractivity (Wildman–Crippen MR) is 63.4 cm³/mol. The van der Waals surface area contributed by atoms with Gasteiger partial charge in [0.2, 0.25) is 0 Å². The Balaban J connectivity index is 2.61. The maximum Gasteiger partial charge on any atom is 0.387 e. The normalized spacial score (nSPS) is 10.6. The number of nitrogens with zero attached hydrogens (tertiary/aromatic N) is 2. The Labute approximate surface area is 110 Å². The molecule has 0 fully saturated rings. The Morgan fingerprint density at radius 2 is 2.00 bits per heavy atom. The number of carboxylic acid groups (broad SMARTS) is 1. The van der Waals surface area contributed by atoms with Gasteiger partial charge in [-0.15, -0.1) is 0 Å². The molecule has 1 heterocycles. The molecule has 2 rings (SSSR count). The van der Waals surface area contributed by atoms with Gasteiger partial charge in [-0.2, -0.15) is 18.6 Å². The first-order valence-corrected chi connectivity index (χ1v) is 5.36. The summed E-state index contributed by atoms with van der Waals surface area (Å²) in [7, 11) is 0. The van der Waals surface area contributed by atoms with Crippen LogP contribution in [0.3, 0.4) is 0 Å². The Morgan fingerprint density at radius 3 is 2.65 bits per heavy atom. The summed E-state index contributed by atoms with van der Waals surface area (Å²) in [4.78, 5) is 22.8. The van der Waals surface area contributed by atoms with Gasteiger partial charge in [0.25, 0.3) is 5.56 Å². The van der Waals surface area contributed by atoms with Gasteiger partial charge in [-0.25, -0.2) is 4.79 Å². The van der Waals surface area contributed by atoms with Gasteiger partial charge in [0, 0.05) is 6.20 Å². The molecule has 0 spiro atoms. The van der Waals surface area contributed by atoms with Crippen LogP contribution < -0.4 is 10.3 Å². The van der Waals surface area contributed by atoms with E-state index in [0.29, 0.717) is 4.68 Å². The van der Waals surface area contributed by atoms with E-state index < -0.39 is 23.7 Å². The third-order valence-electron chi connectivity index (χ3n) is 2.39. The highest BCUT2D eigenvalue weighted by molar-refractivity contribution is 5.87. The van der Waals surface area contributed by atoms with Crippen LogP contribution >= 0.6 is 0 Å². The molecule has 20 heavy (non-hydrogen) atoms. The highest BCUT2D eigenvalue weighted by Crippen LogP contribution is 2.22. The SMILES string of the molecule is O=C(O)c1ccnn(-c2ccccc2OC(F)F)c1=O. The molecule has 0 aliphatic rings. The maximum atomic E-state index is 12.3. The minimum absolute atomic E-state index is 0.0686. The molecule has 6 nitrogen and oxygen atoms in total. The number of alkyl halides is 2. The summed E-state index contributed by atoms with van der Waals surface area (Å²) in [5.74, 6) is -1.71. The third kappa shape index (κ3) is 2.63. The molecule has 0 radical (unpaired) electrons. The number of halogens is 2. The number of hydrogen-bond acceptors (Lipinski definition) is 4. The quantitative estimate of drug-likeness (QED) is 0.919. The number of rotatable bonds is 4. The molecule has 0 bridgehead atoms. The smallest absolute Gasteiger partial charge is 0.387 e. The largest absolute Gasteiger partial charge is 0.477 e. The fourth-order valence-corrected chi connectivity index (χ4v) is 1.57. The minimum atomic E-state index is -3.07. The van der Waals surface area contributed by atoms with Crippen LogP contribution in [0.4, 0.5) is 8.78 Å². The number of ether oxygens (including phenoxy) is 1. The summed E-state index contributed by atoms with van der Waals surface area (Å²) in [6, 6.07) is 6.49. The lowest BCUT2D eigenvalue weighted by molar-refractivity contribution is -0.0499. The average molecular weight is 282 g/mol. The van der Waals surface area contributed by atoms with Gasteiger partial charge < -0.3 is 9.84 Å². The molecule has 0 atom stereocenters. The van der Waals surface area contributed by atoms with Gasteiger partial charge in [0.1, 0.15) is 11.3 Å². The van der Waals surface area contributed by atoms with Crippen molar-refractivity contribution in [3.63, 3.8) is 0 Å². The fourth-order valence-electron chi connectivity index (χ4n) is 1.57. The second-order valence-corrected chi connectivity index (χ2v) is 3.61. The average Bonchev–Trinajstić information content (AvgIpc) is 2.39. The van der Waals surface area contributed by atoms with Gasteiger partial charge in [0.05, 0.1) is 0 Å². The van der Waals surface area contributed by atoms with Gasteiger partial charge in [-0.1, -0.05) is 12.1 Å². The lowest BCUT2D eigenvalue weighted by Gasteiger charge is -2.11. The summed E-state index contributed by atoms with van der Waals surface area (Å²) >= 11 is 0. The molecule has 8 heteroatoms. The Morgan fingerprint density at radius 1 is 1.30 bits per heavy atom. The Bertz CT molecular complexity index is 700. The molecule has 0 unspecified atom stereocenters. The minimum Gasteiger partial charge on any atom is -0.477 e. The fraction of sp³-hybridized carbons (Fsp3) is 0.0833. The van der Waals surface area contributed by atoms with Crippen molar-refractivity contribution in [2.24, 2.45) is 0 Å². The topological polar surface area (TPSA) is 81.4 Å². The molecule has 1 aromatic heterocycles. The second kappa shape index (κ2) is 5.47. The van der Waals surface area contributed by atoms with Crippen molar-refractivity contribution in [1.29, 1.82) is 0 Å². The van der Waals surface area contributed by atoms with E-state index in [1.807, 2.05) is 0 Å². The predicted octanol–water partition coefficient (Wildman–Crippen LogP) is 1.53. The van der Waals surface area contributed by atoms with E-state index in [0.717, 1.165) is 12.3 Å². The van der Waals surface area contributed by atoms with Crippen molar-refractivity contribution < 1.29 is 23.4 Å². The number of carboxylic acids is 1. The van der Waals surface area contributed by atoms with Gasteiger partial charge in [0.15, 0.2) is 5.75 Å². The van der Waals surface area contributed by atoms with Crippen LogP contribution in [0.2, 0.25) is 0 Å². The molecule has 104 valence electrons. The van der Waals surface area contributed by atoms with Crippen LogP contribution in [-0.2, 0) is 0 Å². The zero-order valence-corrected chi connectivity index (χ0v) is 9.86. The summed E-state index contributed by atoms with van der Waals surface area (Å²) in [5.41, 5.74) is -1.53. The van der Waals surface area contributed by atoms with Crippen LogP contribution in [0.25, 0.3) is 5.69 Å². The molecular weight excluding hydrogens is 274 g/mol. The molecule has 0 saturated carbocycles. The van der Waals surface area contributed by atoms with Gasteiger partial charge >= 0.3 is 12.6 Å². The third-order valence-corrected chi connectivity index (χ3v) is 2.39. The summed E-state index contributed by atoms with van der Waals surface area (Å²) < 4.78 is 29.6. The van der Waals surface area contributed by atoms with Crippen LogP contribution in [-0.4, -0.2) is 27.5 Å². The number of aromatic nitrogens is 2. The van der Waals surface area contributed by atoms with E-state index in [9.17, 15) is 18.4 Å². The molecule has 0 saturated heterocycles. The number of benzene rings is 1. The van der Waals surface area contributed by atoms with E-state index >= 15 is 0 Å². The van der Waals surface area contributed by atoms with Crippen molar-refractivity contribution in [1.82, 2.24) is 9.78 Å². The van der Waals surface area contributed by atoms with Crippen molar-refractivity contribution in [2.75, 3.05) is 0 Å². The number of hydrogen-bond donors (Lipinski definition) is 1. The van der Waals surface area contributed by atoms with E-state index in [1.54, 1.807) is 0 Å². The Kier molecular flexibility index (Phi) is 3.74. The first-order valence-electron chi connectivity index (χ1n) is 5.36. The maximum absolute atomic E-state index is 12.3. The molecule has 0 amide bonds. The zero-order chi connectivity index (χ0) is 14.7. The lowest BCUT2D eigenvalue weighted by Crippen LogP contribution is -2.27. The highest BCUT2D eigenvalue weighted by atomic mass is 19.3. The first-order chi connectivity index (χ1) is 9.50. The van der Waals surface area contributed by atoms with E-state index in [2.05, 4.69) is 9.84 Å². The van der Waals surface area contributed by atoms with Crippen molar-refractivity contribution >= 4 is 5.97 Å². The molecule has 1 aromatic carbocycles. The van der Waals surface area contributed by atoms with Crippen LogP contribution in [0.15, 0.2) is 41.3 Å². The van der Waals surface area contributed by atoms with Gasteiger partial charge in [-0.3, -0.25) is 4.79 Å². The van der Waals surface area contributed by atoms with E-state index in [-0.39, 0.29) is 11.4 Å². The monoisotopic (exact) mass is 282 g/mol. The van der Waals surface area contributed by atoms with Crippen LogP contribution in [0.1, 0.15) is 10.4 Å².